The number of nitrogens with zero attached hydrogens (tertiary/aromatic N) is 3. The maximum atomic E-state index is 14.5. The quantitative estimate of drug-likeness (QED) is 0.0744. The number of carboxylic acid groups (broad SMARTS) is 2. The van der Waals surface area contributed by atoms with Gasteiger partial charge in [-0.25, -0.2) is 4.79 Å². The van der Waals surface area contributed by atoms with E-state index in [9.17, 15) is 53.4 Å². The fourth-order valence-electron chi connectivity index (χ4n) is 8.42. The van der Waals surface area contributed by atoms with Crippen LogP contribution in [0.1, 0.15) is 102 Å². The molecule has 0 spiro atoms. The van der Waals surface area contributed by atoms with Crippen LogP contribution in [0.15, 0.2) is 60.9 Å². The van der Waals surface area contributed by atoms with E-state index in [0.717, 1.165) is 37.0 Å². The zero-order chi connectivity index (χ0) is 48.3. The summed E-state index contributed by atoms with van der Waals surface area (Å²) in [5.74, 6) is -8.14. The number of carbonyl (C=O) groups excluding carboxylic acids is 7. The number of hydrogen-bond donors (Lipinski definition) is 7. The van der Waals surface area contributed by atoms with Crippen LogP contribution >= 0.6 is 0 Å². The van der Waals surface area contributed by atoms with Crippen molar-refractivity contribution in [2.75, 3.05) is 13.6 Å². The van der Waals surface area contributed by atoms with E-state index < -0.39 is 96.0 Å². The van der Waals surface area contributed by atoms with Crippen molar-refractivity contribution in [1.82, 2.24) is 36.1 Å². The van der Waals surface area contributed by atoms with Crippen LogP contribution < -0.4 is 27.0 Å². The molecule has 2 heterocycles. The second kappa shape index (κ2) is 25.7. The Morgan fingerprint density at radius 1 is 0.833 bits per heavy atom. The first kappa shape index (κ1) is 52.0. The number of hydrogen-bond acceptors (Lipinski definition) is 10. The van der Waals surface area contributed by atoms with Gasteiger partial charge in [0.05, 0.1) is 6.42 Å². The lowest BCUT2D eigenvalue weighted by atomic mass is 9.84. The summed E-state index contributed by atoms with van der Waals surface area (Å²) in [6, 6.07) is 4.29. The molecular formula is C47H64N8O11. The van der Waals surface area contributed by atoms with Crippen molar-refractivity contribution in [3.05, 3.63) is 72.1 Å². The van der Waals surface area contributed by atoms with Gasteiger partial charge in [-0.05, 0) is 67.2 Å². The molecule has 1 aliphatic carbocycles. The first-order valence-corrected chi connectivity index (χ1v) is 22.6. The van der Waals surface area contributed by atoms with Gasteiger partial charge in [-0.1, -0.05) is 82.3 Å². The summed E-state index contributed by atoms with van der Waals surface area (Å²) in [6.45, 7) is 3.75. The molecule has 358 valence electrons. The van der Waals surface area contributed by atoms with Gasteiger partial charge in [0.15, 0.2) is 0 Å². The highest BCUT2D eigenvalue weighted by Gasteiger charge is 2.41. The smallest absolute Gasteiger partial charge is 0.326 e. The number of carbonyl (C=O) groups is 9. The standard InChI is InChI=1S/C47H64N8O11/c1-29(2)24-34(46(64)55-23-11-17-37(55)43(61)53-36(47(65)66)26-31-14-8-5-9-15-31)52-44(62)38(27-41(58)59)54(3)45(63)35(25-30-12-6-4-7-13-30)51-42(60)33(19-20-39(48)56)50-40(57)21-18-32-16-10-22-49-28-32/h5,8-10,14-16,18,21-22,28-30,33-38H,4,6-7,11-13,17,19-20,23-27H2,1-3H3,(H2,48,56)(H,50,57)(H,51,60)(H,52,62)(H,53,61)(H,58,59)(H,65,66)/b21-18+/t33-,34-,35-,36-,37-,38-/m0/s1. The van der Waals surface area contributed by atoms with Crippen molar-refractivity contribution in [2.24, 2.45) is 17.6 Å². The molecule has 1 aromatic carbocycles. The largest absolute Gasteiger partial charge is 0.481 e. The molecule has 19 nitrogen and oxygen atoms in total. The highest BCUT2D eigenvalue weighted by molar-refractivity contribution is 5.99. The van der Waals surface area contributed by atoms with Crippen molar-refractivity contribution < 1.29 is 53.4 Å². The first-order valence-electron chi connectivity index (χ1n) is 22.6. The van der Waals surface area contributed by atoms with Crippen molar-refractivity contribution in [2.45, 2.75) is 134 Å². The molecule has 1 saturated carbocycles. The molecule has 0 bridgehead atoms. The zero-order valence-electron chi connectivity index (χ0n) is 37.9. The minimum Gasteiger partial charge on any atom is -0.481 e. The van der Waals surface area contributed by atoms with Gasteiger partial charge in [-0.15, -0.1) is 0 Å². The van der Waals surface area contributed by atoms with E-state index in [4.69, 9.17) is 5.73 Å². The summed E-state index contributed by atoms with van der Waals surface area (Å²) < 4.78 is 0. The average Bonchev–Trinajstić information content (AvgIpc) is 3.78. The third-order valence-electron chi connectivity index (χ3n) is 11.9. The number of carboxylic acids is 2. The molecule has 0 radical (unpaired) electrons. The number of aliphatic carboxylic acids is 2. The molecule has 8 N–H and O–H groups in total. The first-order chi connectivity index (χ1) is 31.4. The predicted molar refractivity (Wildman–Crippen MR) is 241 cm³/mol. The zero-order valence-corrected chi connectivity index (χ0v) is 37.9. The molecule has 2 fully saturated rings. The van der Waals surface area contributed by atoms with Crippen LogP contribution in [0, 0.1) is 11.8 Å². The van der Waals surface area contributed by atoms with Crippen LogP contribution in [-0.4, -0.2) is 128 Å². The number of aromatic nitrogens is 1. The lowest BCUT2D eigenvalue weighted by molar-refractivity contribution is -0.149. The maximum absolute atomic E-state index is 14.5. The molecule has 66 heavy (non-hydrogen) atoms. The molecule has 19 heteroatoms. The number of primary amides is 1. The number of nitrogens with two attached hydrogens (primary N) is 1. The SMILES string of the molecule is CC(C)C[C@H](NC(=O)[C@H](CC(=O)O)N(C)C(=O)[C@H](CC1CCCCC1)NC(=O)[C@H](CCC(N)=O)NC(=O)/C=C/c1cccnc1)C(=O)N1CCC[C@H]1C(=O)N[C@@H](Cc1ccccc1)C(=O)O. The van der Waals surface area contributed by atoms with E-state index in [2.05, 4.69) is 26.3 Å². The van der Waals surface area contributed by atoms with Crippen LogP contribution in [0.25, 0.3) is 6.08 Å². The number of benzene rings is 1. The third-order valence-corrected chi connectivity index (χ3v) is 11.9. The lowest BCUT2D eigenvalue weighted by Gasteiger charge is -2.34. The van der Waals surface area contributed by atoms with E-state index in [1.54, 1.807) is 62.5 Å². The Balaban J connectivity index is 1.55. The summed E-state index contributed by atoms with van der Waals surface area (Å²) in [7, 11) is 1.24. The fourth-order valence-corrected chi connectivity index (χ4v) is 8.42. The molecule has 1 aromatic heterocycles. The second-order valence-corrected chi connectivity index (χ2v) is 17.5. The van der Waals surface area contributed by atoms with E-state index in [0.29, 0.717) is 17.5 Å². The molecule has 2 aliphatic rings. The lowest BCUT2D eigenvalue weighted by Crippen LogP contribution is -2.60. The van der Waals surface area contributed by atoms with Gasteiger partial charge in [0.2, 0.25) is 41.4 Å². The van der Waals surface area contributed by atoms with E-state index in [-0.39, 0.29) is 56.9 Å². The van der Waals surface area contributed by atoms with Crippen LogP contribution in [0.2, 0.25) is 0 Å². The molecule has 2 aromatic rings. The molecule has 1 saturated heterocycles. The van der Waals surface area contributed by atoms with Crippen molar-refractivity contribution >= 4 is 59.4 Å². The number of nitrogens with one attached hydrogen (secondary N) is 4. The normalized spacial score (nSPS) is 17.5. The van der Waals surface area contributed by atoms with Gasteiger partial charge in [-0.3, -0.25) is 43.3 Å². The van der Waals surface area contributed by atoms with Crippen molar-refractivity contribution in [3.63, 3.8) is 0 Å². The second-order valence-electron chi connectivity index (χ2n) is 17.5. The summed E-state index contributed by atoms with van der Waals surface area (Å²) in [6.07, 6.45) is 9.57. The molecular weight excluding hydrogens is 853 g/mol. The van der Waals surface area contributed by atoms with Crippen LogP contribution in [0.5, 0.6) is 0 Å². The molecule has 0 unspecified atom stereocenters. The van der Waals surface area contributed by atoms with Gasteiger partial charge in [0.1, 0.15) is 36.3 Å². The van der Waals surface area contributed by atoms with Gasteiger partial charge < -0.3 is 47.0 Å². The molecule has 1 aliphatic heterocycles. The highest BCUT2D eigenvalue weighted by Crippen LogP contribution is 2.28. The van der Waals surface area contributed by atoms with Gasteiger partial charge in [0.25, 0.3) is 0 Å². The fraction of sp³-hybridized carbons (Fsp3) is 0.532. The summed E-state index contributed by atoms with van der Waals surface area (Å²) >= 11 is 0. The Kier molecular flexibility index (Phi) is 20.3. The average molecular weight is 917 g/mol. The monoisotopic (exact) mass is 916 g/mol. The van der Waals surface area contributed by atoms with Gasteiger partial charge in [0, 0.05) is 44.9 Å². The summed E-state index contributed by atoms with van der Waals surface area (Å²) in [5.41, 5.74) is 6.69. The Morgan fingerprint density at radius 2 is 1.53 bits per heavy atom. The Hall–Kier alpha value is -6.66. The summed E-state index contributed by atoms with van der Waals surface area (Å²) in [4.78, 5) is 126. The number of amides is 7. The minimum absolute atomic E-state index is 0.00842. The van der Waals surface area contributed by atoms with Crippen molar-refractivity contribution in [1.29, 1.82) is 0 Å². The molecule has 6 atom stereocenters. The Bertz CT molecular complexity index is 2040. The topological polar surface area (TPSA) is 288 Å². The third kappa shape index (κ3) is 16.4. The summed E-state index contributed by atoms with van der Waals surface area (Å²) in [5, 5.41) is 30.5. The van der Waals surface area contributed by atoms with Crippen LogP contribution in [-0.2, 0) is 49.6 Å². The van der Waals surface area contributed by atoms with Gasteiger partial charge >= 0.3 is 11.9 Å². The minimum atomic E-state index is -1.67. The predicted octanol–water partition coefficient (Wildman–Crippen LogP) is 1.94. The number of pyridine rings is 1. The van der Waals surface area contributed by atoms with E-state index >= 15 is 0 Å². The highest BCUT2D eigenvalue weighted by atomic mass is 16.4. The van der Waals surface area contributed by atoms with E-state index in [1.807, 2.05) is 0 Å². The number of rotatable bonds is 24. The molecule has 4 rings (SSSR count). The molecule has 7 amide bonds. The van der Waals surface area contributed by atoms with Crippen LogP contribution in [0.4, 0.5) is 0 Å². The maximum Gasteiger partial charge on any atom is 0.326 e. The Morgan fingerprint density at radius 3 is 2.15 bits per heavy atom. The van der Waals surface area contributed by atoms with Crippen molar-refractivity contribution in [3.8, 4) is 0 Å². The van der Waals surface area contributed by atoms with E-state index in [1.165, 1.54) is 30.3 Å². The Labute approximate surface area is 384 Å². The number of likely N-dealkylation sites (tertiary alicyclic amines) is 1. The van der Waals surface area contributed by atoms with Gasteiger partial charge in [-0.2, -0.15) is 0 Å². The van der Waals surface area contributed by atoms with Crippen LogP contribution in [0.3, 0.4) is 0 Å². The number of likely N-dealkylation sites (N-methyl/N-ethyl adjacent to an activating group) is 1.